The minimum atomic E-state index is -2.56. The third-order valence-corrected chi connectivity index (χ3v) is 5.97. The number of fused-ring (bicyclic) bond motifs is 1. The Morgan fingerprint density at radius 3 is 2.61 bits per heavy atom. The molecule has 1 fully saturated rings. The molecular formula is C22H26F2N4O3. The molecule has 1 aromatic heterocycles. The Bertz CT molecular complexity index is 937. The summed E-state index contributed by atoms with van der Waals surface area (Å²) in [6, 6.07) is 8.20. The van der Waals surface area contributed by atoms with Crippen LogP contribution in [0.5, 0.6) is 0 Å². The smallest absolute Gasteiger partial charge is 0.274 e. The standard InChI is InChI=1S/C22H26F2N4O3/c1-14-2-4-15(5-3-14)18-11-28-13-26-20(17(28)12-31-18)22(30)27-8-6-16(7-9-27)21(29)25-10-19(23)24/h2-5,13,16,18-19H,6-12H2,1H3,(H,25,29). The van der Waals surface area contributed by atoms with E-state index in [0.29, 0.717) is 44.8 Å². The normalized spacial score (nSPS) is 19.4. The van der Waals surface area contributed by atoms with E-state index in [4.69, 9.17) is 4.74 Å². The zero-order valence-electron chi connectivity index (χ0n) is 17.4. The molecule has 1 unspecified atom stereocenters. The molecule has 1 N–H and O–H groups in total. The van der Waals surface area contributed by atoms with Gasteiger partial charge in [-0.3, -0.25) is 9.59 Å². The van der Waals surface area contributed by atoms with Crippen molar-refractivity contribution >= 4 is 11.8 Å². The van der Waals surface area contributed by atoms with Crippen molar-refractivity contribution in [1.82, 2.24) is 19.8 Å². The summed E-state index contributed by atoms with van der Waals surface area (Å²) < 4.78 is 32.5. The number of imidazole rings is 1. The number of hydrogen-bond donors (Lipinski definition) is 1. The number of carbonyl (C=O) groups excluding carboxylic acids is 2. The molecule has 0 radical (unpaired) electrons. The molecule has 0 spiro atoms. The van der Waals surface area contributed by atoms with Gasteiger partial charge >= 0.3 is 0 Å². The summed E-state index contributed by atoms with van der Waals surface area (Å²) in [5.41, 5.74) is 3.41. The highest BCUT2D eigenvalue weighted by molar-refractivity contribution is 5.93. The van der Waals surface area contributed by atoms with Crippen molar-refractivity contribution in [2.45, 2.75) is 45.4 Å². The van der Waals surface area contributed by atoms with Gasteiger partial charge in [0.15, 0.2) is 5.69 Å². The summed E-state index contributed by atoms with van der Waals surface area (Å²) in [7, 11) is 0. The van der Waals surface area contributed by atoms with Crippen molar-refractivity contribution in [3.05, 3.63) is 53.1 Å². The van der Waals surface area contributed by atoms with E-state index in [1.807, 2.05) is 11.5 Å². The molecule has 31 heavy (non-hydrogen) atoms. The number of aromatic nitrogens is 2. The van der Waals surface area contributed by atoms with Crippen molar-refractivity contribution in [2.24, 2.45) is 5.92 Å². The summed E-state index contributed by atoms with van der Waals surface area (Å²) in [5, 5.41) is 2.26. The van der Waals surface area contributed by atoms with Crippen LogP contribution < -0.4 is 5.32 Å². The fourth-order valence-corrected chi connectivity index (χ4v) is 4.11. The van der Waals surface area contributed by atoms with E-state index < -0.39 is 13.0 Å². The first kappa shape index (κ1) is 21.4. The number of aryl methyl sites for hydroxylation is 1. The average molecular weight is 432 g/mol. The molecule has 4 rings (SSSR count). The molecule has 7 nitrogen and oxygen atoms in total. The Balaban J connectivity index is 1.36. The Kier molecular flexibility index (Phi) is 6.31. The molecule has 0 saturated carbocycles. The second-order valence-electron chi connectivity index (χ2n) is 8.11. The van der Waals surface area contributed by atoms with Crippen LogP contribution in [0, 0.1) is 12.8 Å². The van der Waals surface area contributed by atoms with E-state index in [2.05, 4.69) is 34.6 Å². The minimum Gasteiger partial charge on any atom is -0.365 e. The second-order valence-corrected chi connectivity index (χ2v) is 8.11. The van der Waals surface area contributed by atoms with Gasteiger partial charge in [-0.15, -0.1) is 0 Å². The molecule has 166 valence electrons. The van der Waals surface area contributed by atoms with Gasteiger partial charge in [0.2, 0.25) is 5.91 Å². The summed E-state index contributed by atoms with van der Waals surface area (Å²) in [6.07, 6.45) is -0.0824. The molecule has 3 heterocycles. The predicted molar refractivity (Wildman–Crippen MR) is 109 cm³/mol. The van der Waals surface area contributed by atoms with Gasteiger partial charge in [-0.2, -0.15) is 0 Å². The highest BCUT2D eigenvalue weighted by atomic mass is 19.3. The SMILES string of the molecule is Cc1ccc(C2Cn3cnc(C(=O)N4CCC(C(=O)NCC(F)F)CC4)c3CO2)cc1. The maximum absolute atomic E-state index is 13.0. The number of likely N-dealkylation sites (tertiary alicyclic amines) is 1. The number of nitrogens with one attached hydrogen (secondary N) is 1. The third kappa shape index (κ3) is 4.76. The number of ether oxygens (including phenoxy) is 1. The number of nitrogens with zero attached hydrogens (tertiary/aromatic N) is 3. The molecule has 1 atom stereocenters. The molecule has 0 aliphatic carbocycles. The van der Waals surface area contributed by atoms with Crippen molar-refractivity contribution in [2.75, 3.05) is 19.6 Å². The zero-order chi connectivity index (χ0) is 22.0. The van der Waals surface area contributed by atoms with Crippen molar-refractivity contribution in [1.29, 1.82) is 0 Å². The molecule has 0 bridgehead atoms. The average Bonchev–Trinajstić information content (AvgIpc) is 3.21. The number of alkyl halides is 2. The summed E-state index contributed by atoms with van der Waals surface area (Å²) in [6.45, 7) is 3.07. The van der Waals surface area contributed by atoms with E-state index in [1.54, 1.807) is 11.2 Å². The van der Waals surface area contributed by atoms with Gasteiger partial charge in [0.05, 0.1) is 31.7 Å². The maximum Gasteiger partial charge on any atom is 0.274 e. The van der Waals surface area contributed by atoms with Crippen LogP contribution >= 0.6 is 0 Å². The third-order valence-electron chi connectivity index (χ3n) is 5.97. The fourth-order valence-electron chi connectivity index (χ4n) is 4.11. The number of benzene rings is 1. The van der Waals surface area contributed by atoms with Gasteiger partial charge in [0.1, 0.15) is 6.10 Å². The van der Waals surface area contributed by atoms with Crippen LogP contribution in [-0.4, -0.2) is 52.3 Å². The first-order chi connectivity index (χ1) is 14.9. The molecule has 9 heteroatoms. The molecule has 1 saturated heterocycles. The van der Waals surface area contributed by atoms with Gasteiger partial charge in [-0.25, -0.2) is 13.8 Å². The van der Waals surface area contributed by atoms with Crippen molar-refractivity contribution in [3.63, 3.8) is 0 Å². The molecule has 2 aliphatic heterocycles. The van der Waals surface area contributed by atoms with Gasteiger partial charge in [-0.1, -0.05) is 29.8 Å². The van der Waals surface area contributed by atoms with Crippen LogP contribution in [0.25, 0.3) is 0 Å². The summed E-state index contributed by atoms with van der Waals surface area (Å²) in [5.74, 6) is -0.905. The Morgan fingerprint density at radius 2 is 1.94 bits per heavy atom. The number of piperidine rings is 1. The van der Waals surface area contributed by atoms with Gasteiger partial charge in [0.25, 0.3) is 12.3 Å². The van der Waals surface area contributed by atoms with Gasteiger partial charge < -0.3 is 19.5 Å². The monoisotopic (exact) mass is 432 g/mol. The topological polar surface area (TPSA) is 76.5 Å². The fraction of sp³-hybridized carbons (Fsp3) is 0.500. The van der Waals surface area contributed by atoms with Crippen LogP contribution in [-0.2, 0) is 22.7 Å². The minimum absolute atomic E-state index is 0.0900. The lowest BCUT2D eigenvalue weighted by Crippen LogP contribution is -2.44. The number of rotatable bonds is 5. The van der Waals surface area contributed by atoms with Crippen LogP contribution in [0.15, 0.2) is 30.6 Å². The first-order valence-corrected chi connectivity index (χ1v) is 10.5. The van der Waals surface area contributed by atoms with E-state index in [0.717, 1.165) is 11.3 Å². The molecule has 2 aromatic rings. The number of amides is 2. The van der Waals surface area contributed by atoms with E-state index >= 15 is 0 Å². The van der Waals surface area contributed by atoms with Crippen molar-refractivity contribution < 1.29 is 23.1 Å². The van der Waals surface area contributed by atoms with Crippen molar-refractivity contribution in [3.8, 4) is 0 Å². The number of hydrogen-bond acceptors (Lipinski definition) is 4. The largest absolute Gasteiger partial charge is 0.365 e. The van der Waals surface area contributed by atoms with Crippen LogP contribution in [0.3, 0.4) is 0 Å². The Hall–Kier alpha value is -2.81. The first-order valence-electron chi connectivity index (χ1n) is 10.5. The van der Waals surface area contributed by atoms with E-state index in [-0.39, 0.29) is 23.8 Å². The number of halogens is 2. The van der Waals surface area contributed by atoms with Crippen LogP contribution in [0.1, 0.15) is 46.3 Å². The highest BCUT2D eigenvalue weighted by Crippen LogP contribution is 2.29. The van der Waals surface area contributed by atoms with E-state index in [9.17, 15) is 18.4 Å². The Morgan fingerprint density at radius 1 is 1.23 bits per heavy atom. The van der Waals surface area contributed by atoms with E-state index in [1.165, 1.54) is 5.56 Å². The lowest BCUT2D eigenvalue weighted by Gasteiger charge is -2.31. The summed E-state index contributed by atoms with van der Waals surface area (Å²) in [4.78, 5) is 31.0. The molecule has 1 aromatic carbocycles. The van der Waals surface area contributed by atoms with Gasteiger partial charge in [0, 0.05) is 19.0 Å². The second kappa shape index (κ2) is 9.13. The van der Waals surface area contributed by atoms with Gasteiger partial charge in [-0.05, 0) is 25.3 Å². The maximum atomic E-state index is 13.0. The predicted octanol–water partition coefficient (Wildman–Crippen LogP) is 2.70. The quantitative estimate of drug-likeness (QED) is 0.788. The number of carbonyl (C=O) groups is 2. The lowest BCUT2D eigenvalue weighted by atomic mass is 9.95. The van der Waals surface area contributed by atoms with Crippen LogP contribution in [0.2, 0.25) is 0 Å². The molecule has 2 amide bonds. The Labute approximate surface area is 179 Å². The highest BCUT2D eigenvalue weighted by Gasteiger charge is 2.32. The molecular weight excluding hydrogens is 406 g/mol. The summed E-state index contributed by atoms with van der Waals surface area (Å²) >= 11 is 0. The lowest BCUT2D eigenvalue weighted by molar-refractivity contribution is -0.126. The van der Waals surface area contributed by atoms with Crippen LogP contribution in [0.4, 0.5) is 8.78 Å². The molecule has 2 aliphatic rings. The zero-order valence-corrected chi connectivity index (χ0v) is 17.4.